The first kappa shape index (κ1) is 18.4. The van der Waals surface area contributed by atoms with Gasteiger partial charge in [-0.15, -0.1) is 5.10 Å². The highest BCUT2D eigenvalue weighted by Gasteiger charge is 2.07. The Morgan fingerprint density at radius 1 is 1.11 bits per heavy atom. The van der Waals surface area contributed by atoms with Crippen LogP contribution in [0.25, 0.3) is 15.9 Å². The second kappa shape index (κ2) is 7.88. The van der Waals surface area contributed by atoms with E-state index < -0.39 is 0 Å². The van der Waals surface area contributed by atoms with E-state index in [0.29, 0.717) is 5.71 Å². The lowest BCUT2D eigenvalue weighted by Crippen LogP contribution is -2.22. The second-order valence-electron chi connectivity index (χ2n) is 5.74. The number of aromatic nitrogens is 1. The van der Waals surface area contributed by atoms with Gasteiger partial charge in [-0.05, 0) is 36.2 Å². The van der Waals surface area contributed by atoms with E-state index in [1.165, 1.54) is 0 Å². The molecule has 138 valence electrons. The third kappa shape index (κ3) is 4.42. The van der Waals surface area contributed by atoms with Crippen LogP contribution in [-0.4, -0.2) is 23.8 Å². The first-order valence-corrected chi connectivity index (χ1v) is 8.92. The smallest absolute Gasteiger partial charge is 0.211 e. The number of nitrogens with one attached hydrogen (secondary N) is 1. The van der Waals surface area contributed by atoms with Crippen molar-refractivity contribution < 1.29 is 4.74 Å². The summed E-state index contributed by atoms with van der Waals surface area (Å²) in [6.07, 6.45) is 0. The summed E-state index contributed by atoms with van der Waals surface area (Å²) < 4.78 is 6.30. The molecule has 5 N–H and O–H groups in total. The predicted molar refractivity (Wildman–Crippen MR) is 113 cm³/mol. The Labute approximate surface area is 161 Å². The van der Waals surface area contributed by atoms with Gasteiger partial charge < -0.3 is 21.5 Å². The molecule has 0 fully saturated rings. The minimum Gasteiger partial charge on any atom is -0.497 e. The van der Waals surface area contributed by atoms with Crippen LogP contribution in [0.15, 0.2) is 59.2 Å². The van der Waals surface area contributed by atoms with E-state index >= 15 is 0 Å². The van der Waals surface area contributed by atoms with E-state index in [2.05, 4.69) is 27.1 Å². The van der Waals surface area contributed by atoms with E-state index in [9.17, 15) is 0 Å². The minimum absolute atomic E-state index is 0.0722. The quantitative estimate of drug-likeness (QED) is 0.345. The van der Waals surface area contributed by atoms with Gasteiger partial charge in [0.05, 0.1) is 23.0 Å². The van der Waals surface area contributed by atoms with Gasteiger partial charge >= 0.3 is 0 Å². The molecular formula is C19H20N6OS. The number of anilines is 1. The SMILES string of the molecule is C=C(Nc1nc2ccc(OC)cc2s1)c1ccc(/C(C)=N\N=C(N)N)cc1. The Morgan fingerprint density at radius 3 is 2.48 bits per heavy atom. The molecule has 3 rings (SSSR count). The Kier molecular flexibility index (Phi) is 5.37. The molecule has 0 aliphatic carbocycles. The van der Waals surface area contributed by atoms with Crippen molar-refractivity contribution in [3.8, 4) is 5.75 Å². The predicted octanol–water partition coefficient (Wildman–Crippen LogP) is 3.39. The van der Waals surface area contributed by atoms with Crippen molar-refractivity contribution in [1.29, 1.82) is 0 Å². The average molecular weight is 380 g/mol. The van der Waals surface area contributed by atoms with Crippen LogP contribution in [-0.2, 0) is 0 Å². The number of nitrogens with zero attached hydrogens (tertiary/aromatic N) is 3. The Balaban J connectivity index is 1.74. The molecule has 0 unspecified atom stereocenters. The third-order valence-corrected chi connectivity index (χ3v) is 4.75. The van der Waals surface area contributed by atoms with Crippen molar-refractivity contribution in [3.05, 3.63) is 60.2 Å². The van der Waals surface area contributed by atoms with Crippen LogP contribution < -0.4 is 21.5 Å². The van der Waals surface area contributed by atoms with Crippen molar-refractivity contribution in [1.82, 2.24) is 4.98 Å². The third-order valence-electron chi connectivity index (χ3n) is 3.82. The zero-order valence-corrected chi connectivity index (χ0v) is 15.9. The summed E-state index contributed by atoms with van der Waals surface area (Å²) in [5, 5.41) is 11.7. The maximum atomic E-state index is 5.29. The van der Waals surface area contributed by atoms with E-state index in [0.717, 1.165) is 37.9 Å². The fraction of sp³-hybridized carbons (Fsp3) is 0.105. The van der Waals surface area contributed by atoms with Gasteiger partial charge in [-0.2, -0.15) is 5.10 Å². The summed E-state index contributed by atoms with van der Waals surface area (Å²) in [4.78, 5) is 4.57. The summed E-state index contributed by atoms with van der Waals surface area (Å²) in [6.45, 7) is 5.94. The number of hydrogen-bond acceptors (Lipinski definition) is 6. The van der Waals surface area contributed by atoms with Crippen LogP contribution in [0.3, 0.4) is 0 Å². The largest absolute Gasteiger partial charge is 0.497 e. The van der Waals surface area contributed by atoms with E-state index in [-0.39, 0.29) is 5.96 Å². The standard InChI is InChI=1S/C19H20N6OS/c1-11(13-4-6-14(7-5-13)12(2)24-25-18(20)21)22-19-23-16-9-8-15(26-3)10-17(16)27-19/h4-10H,1H2,2-3H3,(H,22,23)(H4,20,21,25)/b24-12-. The molecule has 27 heavy (non-hydrogen) atoms. The number of guanidine groups is 1. The number of ether oxygens (including phenoxy) is 1. The van der Waals surface area contributed by atoms with E-state index in [1.807, 2.05) is 49.4 Å². The number of methoxy groups -OCH3 is 1. The van der Waals surface area contributed by atoms with Gasteiger partial charge in [0.1, 0.15) is 5.75 Å². The highest BCUT2D eigenvalue weighted by atomic mass is 32.1. The molecule has 0 spiro atoms. The second-order valence-corrected chi connectivity index (χ2v) is 6.77. The summed E-state index contributed by atoms with van der Waals surface area (Å²) in [5.41, 5.74) is 14.8. The topological polar surface area (TPSA) is 111 Å². The van der Waals surface area contributed by atoms with Gasteiger partial charge in [-0.25, -0.2) is 4.98 Å². The lowest BCUT2D eigenvalue weighted by Gasteiger charge is -2.08. The van der Waals surface area contributed by atoms with Crippen LogP contribution >= 0.6 is 11.3 Å². The van der Waals surface area contributed by atoms with E-state index in [4.69, 9.17) is 16.2 Å². The molecule has 1 aromatic heterocycles. The van der Waals surface area contributed by atoms with Crippen molar-refractivity contribution in [3.63, 3.8) is 0 Å². The number of nitrogens with two attached hydrogens (primary N) is 2. The fourth-order valence-electron chi connectivity index (χ4n) is 2.39. The molecule has 0 amide bonds. The fourth-order valence-corrected chi connectivity index (χ4v) is 3.31. The Hall–Kier alpha value is -3.39. The molecule has 1 heterocycles. The molecule has 0 radical (unpaired) electrons. The molecule has 8 heteroatoms. The first-order valence-electron chi connectivity index (χ1n) is 8.11. The molecule has 0 aliphatic rings. The summed E-state index contributed by atoms with van der Waals surface area (Å²) in [7, 11) is 1.65. The minimum atomic E-state index is -0.0722. The number of hydrogen-bond donors (Lipinski definition) is 3. The van der Waals surface area contributed by atoms with Crippen LogP contribution in [0, 0.1) is 0 Å². The summed E-state index contributed by atoms with van der Waals surface area (Å²) in [5.74, 6) is 0.738. The number of benzene rings is 2. The number of fused-ring (bicyclic) bond motifs is 1. The summed E-state index contributed by atoms with van der Waals surface area (Å²) in [6, 6.07) is 13.6. The normalized spacial score (nSPS) is 11.3. The van der Waals surface area contributed by atoms with Gasteiger partial charge in [-0.1, -0.05) is 42.2 Å². The molecule has 0 atom stereocenters. The van der Waals surface area contributed by atoms with Crippen LogP contribution in [0.2, 0.25) is 0 Å². The zero-order valence-electron chi connectivity index (χ0n) is 15.1. The van der Waals surface area contributed by atoms with Gasteiger partial charge in [0.25, 0.3) is 0 Å². The molecule has 0 aliphatic heterocycles. The van der Waals surface area contributed by atoms with Crippen molar-refractivity contribution in [2.45, 2.75) is 6.92 Å². The molecule has 3 aromatic rings. The zero-order chi connectivity index (χ0) is 19.4. The molecule has 0 bridgehead atoms. The summed E-state index contributed by atoms with van der Waals surface area (Å²) >= 11 is 1.55. The van der Waals surface area contributed by atoms with Crippen LogP contribution in [0.5, 0.6) is 5.75 Å². The van der Waals surface area contributed by atoms with Crippen molar-refractivity contribution in [2.24, 2.45) is 21.7 Å². The van der Waals surface area contributed by atoms with E-state index in [1.54, 1.807) is 18.4 Å². The molecule has 7 nitrogen and oxygen atoms in total. The monoisotopic (exact) mass is 380 g/mol. The molecule has 0 saturated heterocycles. The molecular weight excluding hydrogens is 360 g/mol. The Bertz CT molecular complexity index is 1030. The number of thiazole rings is 1. The van der Waals surface area contributed by atoms with Crippen LogP contribution in [0.4, 0.5) is 5.13 Å². The first-order chi connectivity index (χ1) is 13.0. The number of rotatable bonds is 6. The maximum Gasteiger partial charge on any atom is 0.211 e. The molecule has 0 saturated carbocycles. The van der Waals surface area contributed by atoms with Crippen LogP contribution in [0.1, 0.15) is 18.1 Å². The van der Waals surface area contributed by atoms with Gasteiger partial charge in [0.2, 0.25) is 5.96 Å². The van der Waals surface area contributed by atoms with Gasteiger partial charge in [-0.3, -0.25) is 0 Å². The van der Waals surface area contributed by atoms with Gasteiger partial charge in [0.15, 0.2) is 5.13 Å². The lowest BCUT2D eigenvalue weighted by atomic mass is 10.1. The van der Waals surface area contributed by atoms with Crippen molar-refractivity contribution >= 4 is 44.1 Å². The average Bonchev–Trinajstić information content (AvgIpc) is 3.07. The van der Waals surface area contributed by atoms with Crippen molar-refractivity contribution in [2.75, 3.05) is 12.4 Å². The molecule has 2 aromatic carbocycles. The maximum absolute atomic E-state index is 5.29. The highest BCUT2D eigenvalue weighted by Crippen LogP contribution is 2.30. The lowest BCUT2D eigenvalue weighted by molar-refractivity contribution is 0.415. The van der Waals surface area contributed by atoms with Gasteiger partial charge in [0, 0.05) is 5.70 Å². The Morgan fingerprint density at radius 2 is 1.81 bits per heavy atom. The highest BCUT2D eigenvalue weighted by molar-refractivity contribution is 7.22.